The molecule has 0 saturated heterocycles. The molecule has 0 heterocycles. The zero-order valence-electron chi connectivity index (χ0n) is 14.2. The van der Waals surface area contributed by atoms with E-state index in [9.17, 15) is 0 Å². The summed E-state index contributed by atoms with van der Waals surface area (Å²) in [5.74, 6) is 2.73. The van der Waals surface area contributed by atoms with E-state index < -0.39 is 0 Å². The monoisotopic (exact) mass is 311 g/mol. The van der Waals surface area contributed by atoms with Gasteiger partial charge in [-0.15, -0.1) is 0 Å². The summed E-state index contributed by atoms with van der Waals surface area (Å²) in [5, 5.41) is 3.63. The molecule has 4 heteroatoms. The summed E-state index contributed by atoms with van der Waals surface area (Å²) in [4.78, 5) is 0. The van der Waals surface area contributed by atoms with E-state index in [0.717, 1.165) is 30.2 Å². The number of ether oxygens (including phenoxy) is 2. The lowest BCUT2D eigenvalue weighted by Crippen LogP contribution is -2.26. The predicted molar refractivity (Wildman–Crippen MR) is 92.8 cm³/mol. The molecule has 0 aliphatic carbocycles. The Morgan fingerprint density at radius 3 is 2.43 bits per heavy atom. The average molecular weight is 311 g/mol. The minimum absolute atomic E-state index is 0.256. The van der Waals surface area contributed by atoms with Gasteiger partial charge in [-0.05, 0) is 19.0 Å². The van der Waals surface area contributed by atoms with E-state index in [1.807, 2.05) is 23.9 Å². The number of hydrogen-bond donors (Lipinski definition) is 1. The highest BCUT2D eigenvalue weighted by atomic mass is 32.2. The van der Waals surface area contributed by atoms with Gasteiger partial charge in [-0.3, -0.25) is 0 Å². The quantitative estimate of drug-likeness (QED) is 0.776. The van der Waals surface area contributed by atoms with Crippen molar-refractivity contribution in [3.63, 3.8) is 0 Å². The SMILES string of the molecule is CCCNC(CSC(C)(C)C)c1ccc(OC)cc1OC. The second-order valence-electron chi connectivity index (χ2n) is 6.04. The van der Waals surface area contributed by atoms with Gasteiger partial charge < -0.3 is 14.8 Å². The Bertz CT molecular complexity index is 429. The van der Waals surface area contributed by atoms with Gasteiger partial charge in [0.25, 0.3) is 0 Å². The van der Waals surface area contributed by atoms with Crippen LogP contribution in [0.5, 0.6) is 11.5 Å². The van der Waals surface area contributed by atoms with Gasteiger partial charge in [0.1, 0.15) is 11.5 Å². The van der Waals surface area contributed by atoms with Crippen LogP contribution in [-0.2, 0) is 0 Å². The highest BCUT2D eigenvalue weighted by Gasteiger charge is 2.20. The minimum atomic E-state index is 0.256. The maximum absolute atomic E-state index is 5.55. The van der Waals surface area contributed by atoms with Gasteiger partial charge in [0, 0.05) is 28.2 Å². The Kier molecular flexibility index (Phi) is 7.40. The summed E-state index contributed by atoms with van der Waals surface area (Å²) in [5.41, 5.74) is 1.20. The van der Waals surface area contributed by atoms with Gasteiger partial charge in [-0.2, -0.15) is 11.8 Å². The van der Waals surface area contributed by atoms with Crippen LogP contribution in [0, 0.1) is 0 Å². The first-order chi connectivity index (χ1) is 9.91. The molecule has 0 aromatic heterocycles. The van der Waals surface area contributed by atoms with Gasteiger partial charge in [0.2, 0.25) is 0 Å². The largest absolute Gasteiger partial charge is 0.497 e. The molecule has 1 unspecified atom stereocenters. The maximum atomic E-state index is 5.55. The van der Waals surface area contributed by atoms with Crippen LogP contribution in [0.2, 0.25) is 0 Å². The van der Waals surface area contributed by atoms with Gasteiger partial charge in [-0.25, -0.2) is 0 Å². The summed E-state index contributed by atoms with van der Waals surface area (Å²) in [6, 6.07) is 6.35. The molecule has 21 heavy (non-hydrogen) atoms. The van der Waals surface area contributed by atoms with Crippen LogP contribution in [0.25, 0.3) is 0 Å². The number of nitrogens with one attached hydrogen (secondary N) is 1. The molecule has 1 atom stereocenters. The number of rotatable bonds is 8. The second kappa shape index (κ2) is 8.54. The average Bonchev–Trinajstić information content (AvgIpc) is 2.46. The van der Waals surface area contributed by atoms with Crippen molar-refractivity contribution >= 4 is 11.8 Å². The molecule has 0 fully saturated rings. The molecule has 0 bridgehead atoms. The standard InChI is InChI=1S/C17H29NO2S/c1-7-10-18-15(12-21-17(2,3)4)14-9-8-13(19-5)11-16(14)20-6/h8-9,11,15,18H,7,10,12H2,1-6H3. The number of hydrogen-bond acceptors (Lipinski definition) is 4. The molecule has 1 N–H and O–H groups in total. The van der Waals surface area contributed by atoms with Crippen molar-refractivity contribution in [2.75, 3.05) is 26.5 Å². The highest BCUT2D eigenvalue weighted by molar-refractivity contribution is 8.00. The fraction of sp³-hybridized carbons (Fsp3) is 0.647. The van der Waals surface area contributed by atoms with E-state index in [1.54, 1.807) is 14.2 Å². The van der Waals surface area contributed by atoms with Crippen molar-refractivity contribution in [2.45, 2.75) is 44.9 Å². The summed E-state index contributed by atoms with van der Waals surface area (Å²) < 4.78 is 11.1. The van der Waals surface area contributed by atoms with Crippen LogP contribution in [0.1, 0.15) is 45.7 Å². The topological polar surface area (TPSA) is 30.5 Å². The fourth-order valence-electron chi connectivity index (χ4n) is 2.02. The smallest absolute Gasteiger partial charge is 0.127 e. The molecule has 0 aliphatic heterocycles. The van der Waals surface area contributed by atoms with Crippen molar-refractivity contribution in [2.24, 2.45) is 0 Å². The van der Waals surface area contributed by atoms with E-state index in [0.29, 0.717) is 0 Å². The molecule has 3 nitrogen and oxygen atoms in total. The first kappa shape index (κ1) is 18.2. The zero-order chi connectivity index (χ0) is 15.9. The van der Waals surface area contributed by atoms with Gasteiger partial charge in [-0.1, -0.05) is 33.8 Å². The second-order valence-corrected chi connectivity index (χ2v) is 7.88. The third-order valence-electron chi connectivity index (χ3n) is 3.14. The van der Waals surface area contributed by atoms with E-state index in [-0.39, 0.29) is 10.8 Å². The lowest BCUT2D eigenvalue weighted by molar-refractivity contribution is 0.386. The third-order valence-corrected chi connectivity index (χ3v) is 4.51. The Balaban J connectivity index is 2.95. The lowest BCUT2D eigenvalue weighted by Gasteiger charge is -2.25. The summed E-state index contributed by atoms with van der Waals surface area (Å²) in [6.07, 6.45) is 1.12. The minimum Gasteiger partial charge on any atom is -0.497 e. The van der Waals surface area contributed by atoms with Crippen LogP contribution in [0.4, 0.5) is 0 Å². The molecule has 0 saturated carbocycles. The summed E-state index contributed by atoms with van der Waals surface area (Å²) >= 11 is 1.97. The fourth-order valence-corrected chi connectivity index (χ4v) is 2.98. The van der Waals surface area contributed by atoms with E-state index >= 15 is 0 Å². The van der Waals surface area contributed by atoms with Crippen molar-refractivity contribution in [1.29, 1.82) is 0 Å². The number of benzene rings is 1. The van der Waals surface area contributed by atoms with E-state index in [4.69, 9.17) is 9.47 Å². The normalized spacial score (nSPS) is 13.0. The van der Waals surface area contributed by atoms with Crippen molar-refractivity contribution < 1.29 is 9.47 Å². The molecular formula is C17H29NO2S. The third kappa shape index (κ3) is 6.18. The van der Waals surface area contributed by atoms with Gasteiger partial charge in [0.05, 0.1) is 14.2 Å². The van der Waals surface area contributed by atoms with Crippen LogP contribution < -0.4 is 14.8 Å². The highest BCUT2D eigenvalue weighted by Crippen LogP contribution is 2.34. The maximum Gasteiger partial charge on any atom is 0.127 e. The Labute approximate surface area is 133 Å². The van der Waals surface area contributed by atoms with Crippen LogP contribution >= 0.6 is 11.8 Å². The van der Waals surface area contributed by atoms with Gasteiger partial charge >= 0.3 is 0 Å². The predicted octanol–water partition coefficient (Wildman–Crippen LogP) is 4.28. The molecule has 0 spiro atoms. The van der Waals surface area contributed by atoms with E-state index in [1.165, 1.54) is 5.56 Å². The molecule has 0 radical (unpaired) electrons. The molecule has 0 aliphatic rings. The van der Waals surface area contributed by atoms with Crippen molar-refractivity contribution in [3.8, 4) is 11.5 Å². The van der Waals surface area contributed by atoms with E-state index in [2.05, 4.69) is 39.1 Å². The number of thioether (sulfide) groups is 1. The Morgan fingerprint density at radius 2 is 1.90 bits per heavy atom. The van der Waals surface area contributed by atoms with Crippen LogP contribution in [0.3, 0.4) is 0 Å². The Morgan fingerprint density at radius 1 is 1.19 bits per heavy atom. The summed E-state index contributed by atoms with van der Waals surface area (Å²) in [6.45, 7) is 9.94. The number of methoxy groups -OCH3 is 2. The molecule has 0 amide bonds. The lowest BCUT2D eigenvalue weighted by atomic mass is 10.1. The molecule has 120 valence electrons. The molecule has 1 aromatic carbocycles. The first-order valence-corrected chi connectivity index (χ1v) is 8.49. The first-order valence-electron chi connectivity index (χ1n) is 7.50. The summed E-state index contributed by atoms with van der Waals surface area (Å²) in [7, 11) is 3.39. The van der Waals surface area contributed by atoms with Crippen LogP contribution in [-0.4, -0.2) is 31.3 Å². The molecule has 1 rings (SSSR count). The zero-order valence-corrected chi connectivity index (χ0v) is 15.0. The van der Waals surface area contributed by atoms with Crippen LogP contribution in [0.15, 0.2) is 18.2 Å². The van der Waals surface area contributed by atoms with Crippen molar-refractivity contribution in [3.05, 3.63) is 23.8 Å². The van der Waals surface area contributed by atoms with Crippen molar-refractivity contribution in [1.82, 2.24) is 5.32 Å². The van der Waals surface area contributed by atoms with Gasteiger partial charge in [0.15, 0.2) is 0 Å². The Hall–Kier alpha value is -0.870. The molecular weight excluding hydrogens is 282 g/mol. The molecule has 1 aromatic rings.